The molecule has 0 amide bonds. The Hall–Kier alpha value is 0.170. The summed E-state index contributed by atoms with van der Waals surface area (Å²) in [5, 5.41) is 0. The van der Waals surface area contributed by atoms with E-state index in [1.165, 1.54) is 8.61 Å². The van der Waals surface area contributed by atoms with Crippen LogP contribution in [0, 0.1) is 0 Å². The van der Waals surface area contributed by atoms with E-state index in [1.807, 2.05) is 0 Å². The second-order valence-electron chi connectivity index (χ2n) is 4.07. The Kier molecular flexibility index (Phi) is 4.03. The molecule has 17 heavy (non-hydrogen) atoms. The molecule has 0 atom stereocenters. The summed E-state index contributed by atoms with van der Waals surface area (Å²) in [4.78, 5) is 0. The van der Waals surface area contributed by atoms with Crippen LogP contribution in [-0.4, -0.2) is 74.6 Å². The van der Waals surface area contributed by atoms with Crippen LogP contribution in [0.4, 0.5) is 0 Å². The summed E-state index contributed by atoms with van der Waals surface area (Å²) >= 11 is 1.74. The molecule has 0 unspecified atom stereocenters. The Bertz CT molecular complexity index is 453. The fourth-order valence-electron chi connectivity index (χ4n) is 1.87. The van der Waals surface area contributed by atoms with Crippen molar-refractivity contribution in [2.45, 2.75) is 0 Å². The summed E-state index contributed by atoms with van der Waals surface area (Å²) in [7, 11) is -6.48. The zero-order valence-electron chi connectivity index (χ0n) is 9.41. The average molecular weight is 300 g/mol. The van der Waals surface area contributed by atoms with Gasteiger partial charge in [-0.15, -0.1) is 0 Å². The minimum absolute atomic E-state index is 0.0607. The SMILES string of the molecule is O=S1(=O)CCN(S(=O)(=O)N2CCSCC2)CC1. The first-order valence-electron chi connectivity index (χ1n) is 5.45. The molecule has 0 aromatic carbocycles. The second-order valence-corrected chi connectivity index (χ2v) is 9.53. The molecule has 2 aliphatic heterocycles. The van der Waals surface area contributed by atoms with Crippen LogP contribution in [0.15, 0.2) is 0 Å². The van der Waals surface area contributed by atoms with Crippen LogP contribution in [0.5, 0.6) is 0 Å². The molecule has 0 N–H and O–H groups in total. The van der Waals surface area contributed by atoms with Crippen LogP contribution in [0.3, 0.4) is 0 Å². The fourth-order valence-corrected chi connectivity index (χ4v) is 6.05. The van der Waals surface area contributed by atoms with Crippen molar-refractivity contribution in [2.75, 3.05) is 49.2 Å². The second kappa shape index (κ2) is 5.04. The maximum atomic E-state index is 12.2. The first-order chi connectivity index (χ1) is 7.92. The summed E-state index contributed by atoms with van der Waals surface area (Å²) in [6, 6.07) is 0. The van der Waals surface area contributed by atoms with Gasteiger partial charge >= 0.3 is 0 Å². The fraction of sp³-hybridized carbons (Fsp3) is 1.00. The van der Waals surface area contributed by atoms with Crippen molar-refractivity contribution in [3.63, 3.8) is 0 Å². The van der Waals surface area contributed by atoms with Crippen molar-refractivity contribution >= 4 is 31.8 Å². The van der Waals surface area contributed by atoms with Gasteiger partial charge in [0.25, 0.3) is 10.2 Å². The van der Waals surface area contributed by atoms with Crippen LogP contribution in [0.2, 0.25) is 0 Å². The van der Waals surface area contributed by atoms with E-state index >= 15 is 0 Å². The molecule has 2 fully saturated rings. The Morgan fingerprint density at radius 2 is 1.35 bits per heavy atom. The first kappa shape index (κ1) is 13.6. The average Bonchev–Trinajstić information content (AvgIpc) is 2.29. The number of hydrogen-bond donors (Lipinski definition) is 0. The van der Waals surface area contributed by atoms with Gasteiger partial charge in [-0.3, -0.25) is 0 Å². The predicted octanol–water partition coefficient (Wildman–Crippen LogP) is -0.990. The standard InChI is InChI=1S/C8H16N2O4S3/c11-16(12)7-3-10(4-8-16)17(13,14)9-1-5-15-6-2-9/h1-8H2. The lowest BCUT2D eigenvalue weighted by Gasteiger charge is -2.33. The zero-order chi connectivity index (χ0) is 12.5. The largest absolute Gasteiger partial charge is 0.282 e. The van der Waals surface area contributed by atoms with Crippen molar-refractivity contribution in [3.8, 4) is 0 Å². The van der Waals surface area contributed by atoms with Crippen molar-refractivity contribution < 1.29 is 16.8 Å². The highest BCUT2D eigenvalue weighted by Crippen LogP contribution is 2.18. The molecule has 6 nitrogen and oxygen atoms in total. The minimum Gasteiger partial charge on any atom is -0.229 e. The number of nitrogens with zero attached hydrogens (tertiary/aromatic N) is 2. The number of thioether (sulfide) groups is 1. The Balaban J connectivity index is 2.06. The van der Waals surface area contributed by atoms with Crippen molar-refractivity contribution in [3.05, 3.63) is 0 Å². The van der Waals surface area contributed by atoms with E-state index in [4.69, 9.17) is 0 Å². The quantitative estimate of drug-likeness (QED) is 0.655. The van der Waals surface area contributed by atoms with Gasteiger partial charge in [-0.05, 0) is 0 Å². The lowest BCUT2D eigenvalue weighted by Crippen LogP contribution is -2.51. The normalized spacial score (nSPS) is 28.0. The van der Waals surface area contributed by atoms with Crippen molar-refractivity contribution in [1.82, 2.24) is 8.61 Å². The number of hydrogen-bond acceptors (Lipinski definition) is 5. The monoisotopic (exact) mass is 300 g/mol. The van der Waals surface area contributed by atoms with Crippen molar-refractivity contribution in [1.29, 1.82) is 0 Å². The van der Waals surface area contributed by atoms with Crippen LogP contribution in [-0.2, 0) is 20.0 Å². The molecule has 0 aromatic heterocycles. The van der Waals surface area contributed by atoms with Gasteiger partial charge in [-0.2, -0.15) is 28.8 Å². The molecule has 2 heterocycles. The minimum atomic E-state index is -3.45. The van der Waals surface area contributed by atoms with Crippen LogP contribution in [0.25, 0.3) is 0 Å². The molecule has 2 saturated heterocycles. The van der Waals surface area contributed by atoms with Crippen LogP contribution in [0.1, 0.15) is 0 Å². The topological polar surface area (TPSA) is 74.8 Å². The molecular formula is C8H16N2O4S3. The van der Waals surface area contributed by atoms with Gasteiger partial charge in [0.1, 0.15) is 0 Å². The van der Waals surface area contributed by atoms with Gasteiger partial charge < -0.3 is 0 Å². The van der Waals surface area contributed by atoms with Gasteiger partial charge in [-0.1, -0.05) is 0 Å². The summed E-state index contributed by atoms with van der Waals surface area (Å²) in [5.74, 6) is 1.50. The van der Waals surface area contributed by atoms with E-state index in [2.05, 4.69) is 0 Å². The third-order valence-electron chi connectivity index (χ3n) is 2.93. The van der Waals surface area contributed by atoms with Crippen LogP contribution >= 0.6 is 11.8 Å². The van der Waals surface area contributed by atoms with Crippen LogP contribution < -0.4 is 0 Å². The van der Waals surface area contributed by atoms with E-state index in [0.717, 1.165) is 11.5 Å². The third-order valence-corrected chi connectivity index (χ3v) is 7.51. The first-order valence-corrected chi connectivity index (χ1v) is 9.82. The molecule has 0 radical (unpaired) electrons. The van der Waals surface area contributed by atoms with Gasteiger partial charge in [0.15, 0.2) is 9.84 Å². The molecule has 2 rings (SSSR count). The summed E-state index contributed by atoms with van der Waals surface area (Å²) in [5.41, 5.74) is 0. The van der Waals surface area contributed by atoms with Crippen molar-refractivity contribution in [2.24, 2.45) is 0 Å². The smallest absolute Gasteiger partial charge is 0.229 e. The summed E-state index contributed by atoms with van der Waals surface area (Å²) in [6.45, 7) is 1.23. The van der Waals surface area contributed by atoms with E-state index in [9.17, 15) is 16.8 Å². The van der Waals surface area contributed by atoms with Gasteiger partial charge in [0.2, 0.25) is 0 Å². The molecule has 2 aliphatic rings. The van der Waals surface area contributed by atoms with Gasteiger partial charge in [0.05, 0.1) is 11.5 Å². The molecule has 0 saturated carbocycles. The highest BCUT2D eigenvalue weighted by molar-refractivity contribution is 7.99. The maximum Gasteiger partial charge on any atom is 0.282 e. The molecule has 0 aromatic rings. The number of rotatable bonds is 2. The molecule has 0 bridgehead atoms. The lowest BCUT2D eigenvalue weighted by atomic mass is 10.6. The van der Waals surface area contributed by atoms with E-state index in [1.54, 1.807) is 11.8 Å². The molecule has 100 valence electrons. The Labute approximate surface area is 106 Å². The molecular weight excluding hydrogens is 284 g/mol. The summed E-state index contributed by atoms with van der Waals surface area (Å²) in [6.07, 6.45) is 0. The van der Waals surface area contributed by atoms with E-state index in [0.29, 0.717) is 13.1 Å². The zero-order valence-corrected chi connectivity index (χ0v) is 11.9. The molecule has 9 heteroatoms. The number of sulfone groups is 1. The summed E-state index contributed by atoms with van der Waals surface area (Å²) < 4.78 is 49.7. The lowest BCUT2D eigenvalue weighted by molar-refractivity contribution is 0.359. The van der Waals surface area contributed by atoms with E-state index < -0.39 is 20.0 Å². The van der Waals surface area contributed by atoms with Gasteiger partial charge in [-0.25, -0.2) is 8.42 Å². The predicted molar refractivity (Wildman–Crippen MR) is 68.0 cm³/mol. The highest BCUT2D eigenvalue weighted by atomic mass is 32.2. The van der Waals surface area contributed by atoms with E-state index in [-0.39, 0.29) is 24.6 Å². The highest BCUT2D eigenvalue weighted by Gasteiger charge is 2.34. The molecule has 0 spiro atoms. The molecule has 0 aliphatic carbocycles. The maximum absolute atomic E-state index is 12.2. The van der Waals surface area contributed by atoms with Gasteiger partial charge in [0, 0.05) is 37.7 Å². The third kappa shape index (κ3) is 3.14. The Morgan fingerprint density at radius 1 is 0.882 bits per heavy atom. The Morgan fingerprint density at radius 3 is 1.88 bits per heavy atom.